The van der Waals surface area contributed by atoms with Gasteiger partial charge in [-0.05, 0) is 25.0 Å². The van der Waals surface area contributed by atoms with E-state index in [1.54, 1.807) is 24.6 Å². The fourth-order valence-electron chi connectivity index (χ4n) is 3.22. The highest BCUT2D eigenvalue weighted by molar-refractivity contribution is 7.86. The molecule has 1 fully saturated rings. The molecule has 0 amide bonds. The number of pyridine rings is 1. The zero-order valence-electron chi connectivity index (χ0n) is 15.1. The van der Waals surface area contributed by atoms with E-state index in [1.165, 1.54) is 4.31 Å². The first kappa shape index (κ1) is 18.0. The van der Waals surface area contributed by atoms with Crippen LogP contribution in [0.1, 0.15) is 50.2 Å². The second kappa shape index (κ2) is 6.86. The van der Waals surface area contributed by atoms with Crippen LogP contribution in [0, 0.1) is 0 Å². The smallest absolute Gasteiger partial charge is 0.282 e. The Hall–Kier alpha value is -1.77. The van der Waals surface area contributed by atoms with Gasteiger partial charge in [-0.2, -0.15) is 17.0 Å². The quantitative estimate of drug-likeness (QED) is 0.817. The normalized spacial score (nSPS) is 19.2. The lowest BCUT2D eigenvalue weighted by molar-refractivity contribution is 0.358. The zero-order valence-corrected chi connectivity index (χ0v) is 15.9. The summed E-state index contributed by atoms with van der Waals surface area (Å²) in [7, 11) is -0.326. The number of imidazole rings is 1. The van der Waals surface area contributed by atoms with Crippen molar-refractivity contribution in [1.29, 1.82) is 0 Å². The van der Waals surface area contributed by atoms with Crippen molar-refractivity contribution in [3.63, 3.8) is 0 Å². The van der Waals surface area contributed by atoms with Gasteiger partial charge in [-0.15, -0.1) is 0 Å². The van der Waals surface area contributed by atoms with Crippen LogP contribution in [-0.4, -0.2) is 52.2 Å². The molecule has 0 N–H and O–H groups in total. The average molecular weight is 363 g/mol. The minimum Gasteiger partial charge on any atom is -0.288 e. The number of hydrogen-bond donors (Lipinski definition) is 0. The summed E-state index contributed by atoms with van der Waals surface area (Å²) in [5, 5.41) is 0. The Morgan fingerprint density at radius 1 is 1.28 bits per heavy atom. The molecule has 0 saturated carbocycles. The van der Waals surface area contributed by atoms with Crippen LogP contribution >= 0.6 is 0 Å². The zero-order chi connectivity index (χ0) is 18.2. The van der Waals surface area contributed by atoms with Crippen LogP contribution in [-0.2, 0) is 10.2 Å². The first-order chi connectivity index (χ1) is 11.8. The second-order valence-corrected chi connectivity index (χ2v) is 8.88. The minimum absolute atomic E-state index is 0.224. The molecular formula is C17H25N5O2S. The van der Waals surface area contributed by atoms with E-state index in [0.29, 0.717) is 6.54 Å². The molecule has 1 aliphatic heterocycles. The lowest BCUT2D eigenvalue weighted by atomic mass is 10.1. The summed E-state index contributed by atoms with van der Waals surface area (Å²) in [4.78, 5) is 9.17. The van der Waals surface area contributed by atoms with Crippen molar-refractivity contribution in [2.45, 2.75) is 38.6 Å². The first-order valence-electron chi connectivity index (χ1n) is 8.52. The number of hydrogen-bond acceptors (Lipinski definition) is 4. The lowest BCUT2D eigenvalue weighted by Crippen LogP contribution is -2.39. The molecule has 1 saturated heterocycles. The molecule has 2 aromatic heterocycles. The van der Waals surface area contributed by atoms with E-state index in [0.717, 1.165) is 30.2 Å². The Labute approximate surface area is 149 Å². The molecule has 0 aliphatic carbocycles. The van der Waals surface area contributed by atoms with Crippen molar-refractivity contribution < 1.29 is 8.42 Å². The van der Waals surface area contributed by atoms with E-state index < -0.39 is 10.2 Å². The number of nitrogens with zero attached hydrogens (tertiary/aromatic N) is 5. The molecule has 3 heterocycles. The monoisotopic (exact) mass is 363 g/mol. The first-order valence-corrected chi connectivity index (χ1v) is 9.92. The predicted molar refractivity (Wildman–Crippen MR) is 96.7 cm³/mol. The molecule has 3 rings (SSSR count). The molecule has 0 radical (unpaired) electrons. The third kappa shape index (κ3) is 3.33. The minimum atomic E-state index is -3.45. The fourth-order valence-corrected chi connectivity index (χ4v) is 4.53. The van der Waals surface area contributed by atoms with Crippen LogP contribution in [0.3, 0.4) is 0 Å². The van der Waals surface area contributed by atoms with Crippen molar-refractivity contribution >= 4 is 10.2 Å². The van der Waals surface area contributed by atoms with E-state index in [9.17, 15) is 8.42 Å². The van der Waals surface area contributed by atoms with E-state index in [4.69, 9.17) is 4.98 Å². The van der Waals surface area contributed by atoms with Crippen molar-refractivity contribution in [3.05, 3.63) is 42.1 Å². The van der Waals surface area contributed by atoms with Gasteiger partial charge < -0.3 is 0 Å². The maximum Gasteiger partial charge on any atom is 0.282 e. The highest BCUT2D eigenvalue weighted by Crippen LogP contribution is 2.34. The SMILES string of the molecule is CC(C)c1nccn1-c1cccc(C2CCCN2S(=O)(=O)N(C)C)n1. The van der Waals surface area contributed by atoms with Crippen LogP contribution in [0.2, 0.25) is 0 Å². The van der Waals surface area contributed by atoms with Gasteiger partial charge in [-0.25, -0.2) is 9.97 Å². The summed E-state index contributed by atoms with van der Waals surface area (Å²) >= 11 is 0. The third-order valence-corrected chi connectivity index (χ3v) is 6.44. The highest BCUT2D eigenvalue weighted by Gasteiger charge is 2.37. The van der Waals surface area contributed by atoms with E-state index >= 15 is 0 Å². The molecule has 1 unspecified atom stereocenters. The Morgan fingerprint density at radius 2 is 2.04 bits per heavy atom. The molecule has 1 aliphatic rings. The van der Waals surface area contributed by atoms with Gasteiger partial charge in [0, 0.05) is 39.0 Å². The van der Waals surface area contributed by atoms with Gasteiger partial charge in [0.25, 0.3) is 10.2 Å². The third-order valence-electron chi connectivity index (χ3n) is 4.49. The summed E-state index contributed by atoms with van der Waals surface area (Å²) < 4.78 is 29.9. The fraction of sp³-hybridized carbons (Fsp3) is 0.529. The molecule has 0 aromatic carbocycles. The summed E-state index contributed by atoms with van der Waals surface area (Å²) in [6.07, 6.45) is 5.28. The van der Waals surface area contributed by atoms with Crippen molar-refractivity contribution in [3.8, 4) is 5.82 Å². The molecule has 1 atom stereocenters. The highest BCUT2D eigenvalue weighted by atomic mass is 32.2. The molecule has 0 bridgehead atoms. The standard InChI is InChI=1S/C17H25N5O2S/c1-13(2)17-18-10-12-21(17)16-9-5-7-14(19-16)15-8-6-11-22(15)25(23,24)20(3)4/h5,7,9-10,12-13,15H,6,8,11H2,1-4H3. The summed E-state index contributed by atoms with van der Waals surface area (Å²) in [5.41, 5.74) is 0.781. The molecule has 2 aromatic rings. The van der Waals surface area contributed by atoms with Crippen LogP contribution in [0.25, 0.3) is 5.82 Å². The maximum atomic E-state index is 12.6. The maximum absolute atomic E-state index is 12.6. The van der Waals surface area contributed by atoms with Gasteiger partial charge in [-0.3, -0.25) is 4.57 Å². The Kier molecular flexibility index (Phi) is 4.95. The van der Waals surface area contributed by atoms with Gasteiger partial charge >= 0.3 is 0 Å². The van der Waals surface area contributed by atoms with Crippen molar-refractivity contribution in [2.24, 2.45) is 0 Å². The summed E-state index contributed by atoms with van der Waals surface area (Å²) in [6, 6.07) is 5.54. The van der Waals surface area contributed by atoms with Crippen LogP contribution < -0.4 is 0 Å². The van der Waals surface area contributed by atoms with Crippen LogP contribution in [0.15, 0.2) is 30.6 Å². The molecular weight excluding hydrogens is 338 g/mol. The van der Waals surface area contributed by atoms with Gasteiger partial charge in [0.15, 0.2) is 0 Å². The van der Waals surface area contributed by atoms with Crippen molar-refractivity contribution in [2.75, 3.05) is 20.6 Å². The molecule has 136 valence electrons. The Morgan fingerprint density at radius 3 is 2.72 bits per heavy atom. The molecule has 8 heteroatoms. The average Bonchev–Trinajstić information content (AvgIpc) is 3.24. The van der Waals surface area contributed by atoms with Crippen LogP contribution in [0.5, 0.6) is 0 Å². The van der Waals surface area contributed by atoms with Gasteiger partial charge in [0.2, 0.25) is 0 Å². The van der Waals surface area contributed by atoms with Crippen LogP contribution in [0.4, 0.5) is 0 Å². The van der Waals surface area contributed by atoms with Gasteiger partial charge in [0.1, 0.15) is 11.6 Å². The molecule has 25 heavy (non-hydrogen) atoms. The molecule has 0 spiro atoms. The van der Waals surface area contributed by atoms with E-state index in [2.05, 4.69) is 18.8 Å². The van der Waals surface area contributed by atoms with Gasteiger partial charge in [0.05, 0.1) is 11.7 Å². The van der Waals surface area contributed by atoms with E-state index in [1.807, 2.05) is 29.0 Å². The van der Waals surface area contributed by atoms with E-state index in [-0.39, 0.29) is 12.0 Å². The Balaban J connectivity index is 1.98. The summed E-state index contributed by atoms with van der Waals surface area (Å²) in [5.74, 6) is 1.99. The van der Waals surface area contributed by atoms with Gasteiger partial charge in [-0.1, -0.05) is 19.9 Å². The number of rotatable bonds is 5. The second-order valence-electron chi connectivity index (χ2n) is 6.79. The Bertz CT molecular complexity index is 844. The largest absolute Gasteiger partial charge is 0.288 e. The summed E-state index contributed by atoms with van der Waals surface area (Å²) in [6.45, 7) is 4.70. The lowest BCUT2D eigenvalue weighted by Gasteiger charge is -2.26. The number of aromatic nitrogens is 3. The van der Waals surface area contributed by atoms with Crippen molar-refractivity contribution in [1.82, 2.24) is 23.1 Å². The molecule has 7 nitrogen and oxygen atoms in total. The predicted octanol–water partition coefficient (Wildman–Crippen LogP) is 2.33. The topological polar surface area (TPSA) is 71.3 Å².